The van der Waals surface area contributed by atoms with Crippen molar-refractivity contribution in [1.29, 1.82) is 0 Å². The number of amides is 1. The van der Waals surface area contributed by atoms with Gasteiger partial charge < -0.3 is 15.5 Å². The number of hydrogen-bond acceptors (Lipinski definition) is 4. The highest BCUT2D eigenvalue weighted by atomic mass is 16.2. The number of nitrogens with one attached hydrogen (secondary N) is 2. The van der Waals surface area contributed by atoms with Gasteiger partial charge in [0.1, 0.15) is 0 Å². The smallest absolute Gasteiger partial charge is 0.238 e. The maximum Gasteiger partial charge on any atom is 0.238 e. The maximum atomic E-state index is 12.2. The van der Waals surface area contributed by atoms with Gasteiger partial charge in [-0.3, -0.25) is 9.69 Å². The van der Waals surface area contributed by atoms with Crippen molar-refractivity contribution in [3.05, 3.63) is 23.8 Å². The Morgan fingerprint density at radius 1 is 1.33 bits per heavy atom. The van der Waals surface area contributed by atoms with Crippen LogP contribution in [0.5, 0.6) is 0 Å². The number of hydrogen-bond donors (Lipinski definition) is 2. The fourth-order valence-corrected chi connectivity index (χ4v) is 2.63. The van der Waals surface area contributed by atoms with Crippen molar-refractivity contribution in [3.63, 3.8) is 0 Å². The van der Waals surface area contributed by atoms with Crippen LogP contribution in [-0.2, 0) is 4.79 Å². The van der Waals surface area contributed by atoms with E-state index in [0.29, 0.717) is 6.54 Å². The van der Waals surface area contributed by atoms with Gasteiger partial charge in [-0.15, -0.1) is 0 Å². The van der Waals surface area contributed by atoms with Crippen LogP contribution in [-0.4, -0.2) is 57.6 Å². The second-order valence-electron chi connectivity index (χ2n) is 5.82. The van der Waals surface area contributed by atoms with Crippen molar-refractivity contribution >= 4 is 17.3 Å². The highest BCUT2D eigenvalue weighted by Gasteiger charge is 2.13. The summed E-state index contributed by atoms with van der Waals surface area (Å²) in [6, 6.07) is 6.03. The molecule has 0 unspecified atom stereocenters. The highest BCUT2D eigenvalue weighted by molar-refractivity contribution is 5.92. The summed E-state index contributed by atoms with van der Waals surface area (Å²) in [6.07, 6.45) is 1.10. The molecule has 21 heavy (non-hydrogen) atoms. The molecule has 0 aliphatic carbocycles. The van der Waals surface area contributed by atoms with Crippen molar-refractivity contribution in [3.8, 4) is 0 Å². The molecule has 1 heterocycles. The fourth-order valence-electron chi connectivity index (χ4n) is 2.63. The van der Waals surface area contributed by atoms with E-state index in [4.69, 9.17) is 0 Å². The van der Waals surface area contributed by atoms with Crippen LogP contribution >= 0.6 is 0 Å². The summed E-state index contributed by atoms with van der Waals surface area (Å²) in [7, 11) is 4.02. The molecule has 0 bridgehead atoms. The van der Waals surface area contributed by atoms with E-state index in [1.165, 1.54) is 5.56 Å². The third-order valence-corrected chi connectivity index (χ3v) is 3.77. The fraction of sp³-hybridized carbons (Fsp3) is 0.562. The summed E-state index contributed by atoms with van der Waals surface area (Å²) < 4.78 is 0. The number of aryl methyl sites for hydroxylation is 1. The second kappa shape index (κ2) is 7.43. The summed E-state index contributed by atoms with van der Waals surface area (Å²) in [5.41, 5.74) is 3.20. The predicted octanol–water partition coefficient (Wildman–Crippen LogP) is 1.29. The molecule has 0 saturated carbocycles. The first-order valence-electron chi connectivity index (χ1n) is 7.57. The van der Waals surface area contributed by atoms with Gasteiger partial charge in [0.25, 0.3) is 0 Å². The van der Waals surface area contributed by atoms with E-state index in [1.807, 2.05) is 32.3 Å². The molecule has 116 valence electrons. The zero-order chi connectivity index (χ0) is 15.2. The predicted molar refractivity (Wildman–Crippen MR) is 88.1 cm³/mol. The number of rotatable bonds is 4. The molecule has 1 fully saturated rings. The van der Waals surface area contributed by atoms with Gasteiger partial charge in [0.05, 0.1) is 6.54 Å². The van der Waals surface area contributed by atoms with Crippen molar-refractivity contribution < 1.29 is 4.79 Å². The lowest BCUT2D eigenvalue weighted by Gasteiger charge is -2.20. The molecule has 0 spiro atoms. The highest BCUT2D eigenvalue weighted by Crippen LogP contribution is 2.22. The van der Waals surface area contributed by atoms with E-state index < -0.39 is 0 Å². The molecule has 1 aliphatic rings. The lowest BCUT2D eigenvalue weighted by molar-refractivity contribution is -0.117. The first kappa shape index (κ1) is 15.8. The summed E-state index contributed by atoms with van der Waals surface area (Å²) >= 11 is 0. The molecule has 0 radical (unpaired) electrons. The summed E-state index contributed by atoms with van der Waals surface area (Å²) in [6.45, 7) is 6.46. The standard InChI is InChI=1S/C16H26N4O/c1-13-5-6-14(11-15(13)19(2)3)18-16(21)12-20-9-4-7-17-8-10-20/h5-6,11,17H,4,7-10,12H2,1-3H3,(H,18,21). The normalized spacial score (nSPS) is 16.3. The quantitative estimate of drug-likeness (QED) is 0.877. The van der Waals surface area contributed by atoms with Crippen LogP contribution in [0.1, 0.15) is 12.0 Å². The minimum absolute atomic E-state index is 0.0606. The lowest BCUT2D eigenvalue weighted by Crippen LogP contribution is -2.35. The molecule has 1 aromatic carbocycles. The van der Waals surface area contributed by atoms with Crippen molar-refractivity contribution in [2.24, 2.45) is 0 Å². The van der Waals surface area contributed by atoms with Gasteiger partial charge in [0, 0.05) is 38.6 Å². The summed E-state index contributed by atoms with van der Waals surface area (Å²) in [5, 5.41) is 6.35. The van der Waals surface area contributed by atoms with E-state index in [-0.39, 0.29) is 5.91 Å². The van der Waals surface area contributed by atoms with Crippen LogP contribution < -0.4 is 15.5 Å². The largest absolute Gasteiger partial charge is 0.377 e. The minimum atomic E-state index is 0.0606. The van der Waals surface area contributed by atoms with Gasteiger partial charge in [-0.25, -0.2) is 0 Å². The zero-order valence-corrected chi connectivity index (χ0v) is 13.3. The summed E-state index contributed by atoms with van der Waals surface area (Å²) in [5.74, 6) is 0.0606. The number of nitrogens with zero attached hydrogens (tertiary/aromatic N) is 2. The van der Waals surface area contributed by atoms with E-state index in [2.05, 4.69) is 27.4 Å². The Kier molecular flexibility index (Phi) is 5.59. The Bertz CT molecular complexity index is 479. The Morgan fingerprint density at radius 3 is 2.90 bits per heavy atom. The molecule has 5 nitrogen and oxygen atoms in total. The lowest BCUT2D eigenvalue weighted by atomic mass is 10.1. The van der Waals surface area contributed by atoms with Gasteiger partial charge in [0.15, 0.2) is 0 Å². The molecule has 5 heteroatoms. The van der Waals surface area contributed by atoms with Crippen LogP contribution in [0.25, 0.3) is 0 Å². The Hall–Kier alpha value is -1.59. The number of anilines is 2. The number of carbonyl (C=O) groups excluding carboxylic acids is 1. The van der Waals surface area contributed by atoms with E-state index in [1.54, 1.807) is 0 Å². The van der Waals surface area contributed by atoms with E-state index >= 15 is 0 Å². The molecule has 1 aromatic rings. The molecule has 2 N–H and O–H groups in total. The number of benzene rings is 1. The molecule has 0 atom stereocenters. The monoisotopic (exact) mass is 290 g/mol. The van der Waals surface area contributed by atoms with Crippen LogP contribution in [0.4, 0.5) is 11.4 Å². The maximum absolute atomic E-state index is 12.2. The average molecular weight is 290 g/mol. The zero-order valence-electron chi connectivity index (χ0n) is 13.3. The van der Waals surface area contributed by atoms with Crippen LogP contribution in [0.15, 0.2) is 18.2 Å². The van der Waals surface area contributed by atoms with E-state index in [9.17, 15) is 4.79 Å². The first-order chi connectivity index (χ1) is 10.1. The summed E-state index contributed by atoms with van der Waals surface area (Å²) in [4.78, 5) is 16.4. The molecule has 1 amide bonds. The van der Waals surface area contributed by atoms with Gasteiger partial charge in [-0.2, -0.15) is 0 Å². The minimum Gasteiger partial charge on any atom is -0.377 e. The van der Waals surface area contributed by atoms with Gasteiger partial charge in [-0.1, -0.05) is 6.07 Å². The van der Waals surface area contributed by atoms with Crippen LogP contribution in [0, 0.1) is 6.92 Å². The first-order valence-corrected chi connectivity index (χ1v) is 7.57. The molecule has 1 aliphatic heterocycles. The third-order valence-electron chi connectivity index (χ3n) is 3.77. The van der Waals surface area contributed by atoms with Gasteiger partial charge in [-0.05, 0) is 44.1 Å². The van der Waals surface area contributed by atoms with Gasteiger partial charge >= 0.3 is 0 Å². The Morgan fingerprint density at radius 2 is 2.14 bits per heavy atom. The molecule has 2 rings (SSSR count). The molecule has 1 saturated heterocycles. The Balaban J connectivity index is 1.94. The molecule has 0 aromatic heterocycles. The SMILES string of the molecule is Cc1ccc(NC(=O)CN2CCCNCC2)cc1N(C)C. The topological polar surface area (TPSA) is 47.6 Å². The molecular weight excluding hydrogens is 264 g/mol. The number of carbonyl (C=O) groups is 1. The molecular formula is C16H26N4O. The van der Waals surface area contributed by atoms with Crippen LogP contribution in [0.3, 0.4) is 0 Å². The van der Waals surface area contributed by atoms with E-state index in [0.717, 1.165) is 44.0 Å². The average Bonchev–Trinajstić information content (AvgIpc) is 2.69. The van der Waals surface area contributed by atoms with Crippen LogP contribution in [0.2, 0.25) is 0 Å². The van der Waals surface area contributed by atoms with Crippen molar-refractivity contribution in [1.82, 2.24) is 10.2 Å². The van der Waals surface area contributed by atoms with Crippen molar-refractivity contribution in [2.75, 3.05) is 57.0 Å². The van der Waals surface area contributed by atoms with Gasteiger partial charge in [0.2, 0.25) is 5.91 Å². The second-order valence-corrected chi connectivity index (χ2v) is 5.82. The third kappa shape index (κ3) is 4.72. The van der Waals surface area contributed by atoms with Crippen molar-refractivity contribution in [2.45, 2.75) is 13.3 Å². The Labute approximate surface area is 127 Å².